The van der Waals surface area contributed by atoms with Gasteiger partial charge in [0.1, 0.15) is 5.52 Å². The maximum absolute atomic E-state index is 8.84. The molecule has 0 radical (unpaired) electrons. The summed E-state index contributed by atoms with van der Waals surface area (Å²) in [6.07, 6.45) is -2.50. The number of allylic oxidation sites excluding steroid dienone is 4. The summed E-state index contributed by atoms with van der Waals surface area (Å²) in [5.74, 6) is 0. The molecule has 0 saturated carbocycles. The SMILES string of the molecule is [2H]C1=C([2H])C([2H])C([2H])C(n2c3ccccc3c3nc4cc(-c5cc(-c6ccccc6)cc(-c6ccc(-c7ccccc7)cc6)c5)ccc4nc32)=C1[2H]. The van der Waals surface area contributed by atoms with E-state index in [4.69, 9.17) is 16.8 Å². The number of para-hydroxylation sites is 1. The van der Waals surface area contributed by atoms with E-state index in [-0.39, 0.29) is 23.9 Å². The van der Waals surface area contributed by atoms with Crippen LogP contribution in [0.25, 0.3) is 83.3 Å². The summed E-state index contributed by atoms with van der Waals surface area (Å²) in [6.45, 7) is 0. The number of aromatic nitrogens is 3. The van der Waals surface area contributed by atoms with Gasteiger partial charge in [0.25, 0.3) is 0 Å². The standard InChI is InChI=1S/C44H31N3/c1-4-12-30(13-5-1)32-20-22-33(23-21-32)36-26-35(31-14-6-2-7-15-31)27-37(28-36)34-24-25-40-41(29-34)45-43-39-18-10-11-19-42(39)47(44(43)46-40)38-16-8-3-9-17-38/h1-8,10-16,18-29H,9,17H2/i3D,8D,9D,16D,17D. The second-order valence-corrected chi connectivity index (χ2v) is 11.7. The van der Waals surface area contributed by atoms with E-state index in [1.807, 2.05) is 48.5 Å². The highest BCUT2D eigenvalue weighted by molar-refractivity contribution is 6.08. The van der Waals surface area contributed by atoms with Crippen LogP contribution in [0, 0.1) is 0 Å². The maximum atomic E-state index is 8.84. The molecule has 0 amide bonds. The van der Waals surface area contributed by atoms with Crippen molar-refractivity contribution in [2.45, 2.75) is 12.8 Å². The first-order chi connectivity index (χ1) is 25.4. The molecule has 6 aromatic carbocycles. The molecule has 0 bridgehead atoms. The van der Waals surface area contributed by atoms with E-state index in [1.54, 1.807) is 4.57 Å². The van der Waals surface area contributed by atoms with E-state index >= 15 is 0 Å². The average Bonchev–Trinajstić information content (AvgIpc) is 3.51. The predicted octanol–water partition coefficient (Wildman–Crippen LogP) is 11.6. The Morgan fingerprint density at radius 1 is 0.532 bits per heavy atom. The first-order valence-corrected chi connectivity index (χ1v) is 15.7. The van der Waals surface area contributed by atoms with Gasteiger partial charge in [0.05, 0.1) is 20.7 Å². The highest BCUT2D eigenvalue weighted by atomic mass is 15.1. The van der Waals surface area contributed by atoms with Gasteiger partial charge in [-0.15, -0.1) is 0 Å². The Labute approximate surface area is 280 Å². The molecule has 0 fully saturated rings. The van der Waals surface area contributed by atoms with Crippen LogP contribution < -0.4 is 0 Å². The van der Waals surface area contributed by atoms with Crippen molar-refractivity contribution < 1.29 is 6.85 Å². The van der Waals surface area contributed by atoms with Crippen LogP contribution in [-0.4, -0.2) is 14.5 Å². The number of hydrogen-bond acceptors (Lipinski definition) is 2. The minimum Gasteiger partial charge on any atom is -0.296 e. The third-order valence-corrected chi connectivity index (χ3v) is 8.78. The molecular weight excluding hydrogens is 571 g/mol. The van der Waals surface area contributed by atoms with E-state index in [0.29, 0.717) is 27.7 Å². The zero-order valence-corrected chi connectivity index (χ0v) is 25.4. The van der Waals surface area contributed by atoms with Crippen LogP contribution in [0.5, 0.6) is 0 Å². The van der Waals surface area contributed by atoms with E-state index in [0.717, 1.165) is 38.8 Å². The van der Waals surface area contributed by atoms with Gasteiger partial charge in [-0.3, -0.25) is 4.57 Å². The number of hydrogen-bond donors (Lipinski definition) is 0. The number of rotatable bonds is 5. The second kappa shape index (κ2) is 11.4. The Kier molecular flexibility index (Phi) is 5.44. The maximum Gasteiger partial charge on any atom is 0.164 e. The van der Waals surface area contributed by atoms with Crippen molar-refractivity contribution in [2.75, 3.05) is 0 Å². The highest BCUT2D eigenvalue weighted by Gasteiger charge is 2.18. The fourth-order valence-electron chi connectivity index (χ4n) is 6.47. The Balaban J connectivity index is 1.20. The molecular formula is C44H31N3. The molecule has 2 heterocycles. The van der Waals surface area contributed by atoms with E-state index in [9.17, 15) is 0 Å². The van der Waals surface area contributed by atoms with Crippen molar-refractivity contribution in [3.63, 3.8) is 0 Å². The fourth-order valence-corrected chi connectivity index (χ4v) is 6.47. The molecule has 2 aromatic heterocycles. The average molecular weight is 607 g/mol. The van der Waals surface area contributed by atoms with Crippen molar-refractivity contribution in [1.29, 1.82) is 0 Å². The van der Waals surface area contributed by atoms with E-state index < -0.39 is 12.8 Å². The Morgan fingerprint density at radius 3 is 1.83 bits per heavy atom. The fraction of sp³-hybridized carbons (Fsp3) is 0.0455. The number of nitrogens with zero attached hydrogens (tertiary/aromatic N) is 3. The molecule has 3 nitrogen and oxygen atoms in total. The summed E-state index contributed by atoms with van der Waals surface area (Å²) < 4.78 is 44.3. The minimum absolute atomic E-state index is 0.166. The lowest BCUT2D eigenvalue weighted by molar-refractivity contribution is 0.972. The lowest BCUT2D eigenvalue weighted by atomic mass is 9.92. The molecule has 0 N–H and O–H groups in total. The lowest BCUT2D eigenvalue weighted by Crippen LogP contribution is -2.00. The summed E-state index contributed by atoms with van der Waals surface area (Å²) in [7, 11) is 0. The summed E-state index contributed by atoms with van der Waals surface area (Å²) in [4.78, 5) is 10.2. The van der Waals surface area contributed by atoms with Crippen LogP contribution in [0.1, 0.15) is 19.6 Å². The summed E-state index contributed by atoms with van der Waals surface area (Å²) in [6, 6.07) is 48.8. The van der Waals surface area contributed by atoms with Crippen molar-refractivity contribution >= 4 is 38.8 Å². The topological polar surface area (TPSA) is 30.7 Å². The third kappa shape index (κ3) is 4.93. The van der Waals surface area contributed by atoms with Crippen molar-refractivity contribution in [3.05, 3.63) is 164 Å². The van der Waals surface area contributed by atoms with Crippen molar-refractivity contribution in [1.82, 2.24) is 14.5 Å². The molecule has 0 aliphatic heterocycles. The zero-order valence-electron chi connectivity index (χ0n) is 30.4. The van der Waals surface area contributed by atoms with Crippen LogP contribution in [0.15, 0.2) is 164 Å². The van der Waals surface area contributed by atoms with E-state index in [1.165, 1.54) is 11.1 Å². The van der Waals surface area contributed by atoms with Crippen LogP contribution >= 0.6 is 0 Å². The summed E-state index contributed by atoms with van der Waals surface area (Å²) in [5, 5.41) is 0.797. The molecule has 8 aromatic rings. The molecule has 9 rings (SSSR count). The molecule has 222 valence electrons. The first kappa shape index (κ1) is 22.4. The zero-order chi connectivity index (χ0) is 35.5. The largest absolute Gasteiger partial charge is 0.296 e. The molecule has 0 saturated heterocycles. The van der Waals surface area contributed by atoms with Crippen LogP contribution in [0.4, 0.5) is 0 Å². The van der Waals surface area contributed by atoms with Gasteiger partial charge in [0, 0.05) is 13.8 Å². The number of fused-ring (bicyclic) bond motifs is 4. The minimum atomic E-state index is -1.28. The van der Waals surface area contributed by atoms with Gasteiger partial charge in [-0.25, -0.2) is 9.97 Å². The van der Waals surface area contributed by atoms with Crippen LogP contribution in [-0.2, 0) is 0 Å². The summed E-state index contributed by atoms with van der Waals surface area (Å²) >= 11 is 0. The second-order valence-electron chi connectivity index (χ2n) is 11.7. The smallest absolute Gasteiger partial charge is 0.164 e. The van der Waals surface area contributed by atoms with Gasteiger partial charge in [0.15, 0.2) is 5.65 Å². The van der Waals surface area contributed by atoms with Gasteiger partial charge in [0.2, 0.25) is 0 Å². The highest BCUT2D eigenvalue weighted by Crippen LogP contribution is 2.37. The van der Waals surface area contributed by atoms with Gasteiger partial charge >= 0.3 is 0 Å². The lowest BCUT2D eigenvalue weighted by Gasteiger charge is -2.13. The molecule has 47 heavy (non-hydrogen) atoms. The monoisotopic (exact) mass is 606 g/mol. The van der Waals surface area contributed by atoms with Gasteiger partial charge in [-0.1, -0.05) is 121 Å². The number of benzene rings is 6. The third-order valence-electron chi connectivity index (χ3n) is 8.78. The van der Waals surface area contributed by atoms with Crippen molar-refractivity contribution in [2.24, 2.45) is 0 Å². The molecule has 3 heteroatoms. The van der Waals surface area contributed by atoms with Crippen LogP contribution in [0.3, 0.4) is 0 Å². The van der Waals surface area contributed by atoms with E-state index in [2.05, 4.69) is 97.1 Å². The predicted molar refractivity (Wildman–Crippen MR) is 197 cm³/mol. The molecule has 2 atom stereocenters. The molecule has 0 spiro atoms. The van der Waals surface area contributed by atoms with Crippen molar-refractivity contribution in [3.8, 4) is 44.5 Å². The molecule has 1 aliphatic rings. The Morgan fingerprint density at radius 2 is 1.11 bits per heavy atom. The molecule has 2 unspecified atom stereocenters. The van der Waals surface area contributed by atoms with Gasteiger partial charge < -0.3 is 0 Å². The van der Waals surface area contributed by atoms with Gasteiger partial charge in [-0.05, 0) is 99.8 Å². The normalized spacial score (nSPS) is 18.3. The quantitative estimate of drug-likeness (QED) is 0.195. The Bertz CT molecular complexity index is 2740. The first-order valence-electron chi connectivity index (χ1n) is 18.3. The van der Waals surface area contributed by atoms with Crippen LogP contribution in [0.2, 0.25) is 0 Å². The van der Waals surface area contributed by atoms with Gasteiger partial charge in [-0.2, -0.15) is 0 Å². The Hall–Kier alpha value is -6.06. The molecule has 1 aliphatic carbocycles. The summed E-state index contributed by atoms with van der Waals surface area (Å²) in [5.41, 5.74) is 12.1.